The second kappa shape index (κ2) is 8.89. The average Bonchev–Trinajstić information content (AvgIpc) is 3.17. The van der Waals surface area contributed by atoms with Crippen LogP contribution in [0.25, 0.3) is 0 Å². The van der Waals surface area contributed by atoms with E-state index in [1.54, 1.807) is 7.11 Å². The van der Waals surface area contributed by atoms with Crippen molar-refractivity contribution >= 4 is 45.3 Å². The van der Waals surface area contributed by atoms with Gasteiger partial charge in [0.1, 0.15) is 5.75 Å². The van der Waals surface area contributed by atoms with E-state index in [1.807, 2.05) is 70.1 Å². The monoisotopic (exact) mass is 489 g/mol. The fourth-order valence-electron chi connectivity index (χ4n) is 4.06. The molecule has 0 atom stereocenters. The van der Waals surface area contributed by atoms with Crippen LogP contribution >= 0.6 is 27.7 Å². The number of nitrogens with zero attached hydrogens (tertiary/aromatic N) is 2. The number of piperidine rings is 1. The van der Waals surface area contributed by atoms with Gasteiger partial charge in [-0.3, -0.25) is 4.79 Å². The Kier molecular flexibility index (Phi) is 6.24. The summed E-state index contributed by atoms with van der Waals surface area (Å²) in [7, 11) is 1.59. The van der Waals surface area contributed by atoms with Gasteiger partial charge in [-0.15, -0.1) is 11.8 Å². The van der Waals surface area contributed by atoms with Crippen LogP contribution in [0.4, 0.5) is 10.5 Å². The van der Waals surface area contributed by atoms with Gasteiger partial charge in [-0.25, -0.2) is 4.79 Å². The highest BCUT2D eigenvalue weighted by atomic mass is 79.9. The van der Waals surface area contributed by atoms with Gasteiger partial charge in [0.2, 0.25) is 0 Å². The Hall–Kier alpha value is -2.19. The van der Waals surface area contributed by atoms with E-state index in [0.717, 1.165) is 29.6 Å². The number of ether oxygens (including phenoxy) is 1. The van der Waals surface area contributed by atoms with Crippen LogP contribution < -0.4 is 10.1 Å². The van der Waals surface area contributed by atoms with Crippen molar-refractivity contribution in [2.45, 2.75) is 17.7 Å². The maximum Gasteiger partial charge on any atom is 0.321 e. The Bertz CT molecular complexity index is 929. The van der Waals surface area contributed by atoms with Crippen LogP contribution in [0.2, 0.25) is 0 Å². The van der Waals surface area contributed by atoms with E-state index < -0.39 is 0 Å². The first-order valence-electron chi connectivity index (χ1n) is 9.93. The van der Waals surface area contributed by atoms with Crippen molar-refractivity contribution in [2.75, 3.05) is 37.8 Å². The lowest BCUT2D eigenvalue weighted by Gasteiger charge is -2.44. The van der Waals surface area contributed by atoms with E-state index in [-0.39, 0.29) is 16.8 Å². The molecule has 6 nitrogen and oxygen atoms in total. The van der Waals surface area contributed by atoms with Gasteiger partial charge in [-0.05, 0) is 49.2 Å². The molecule has 0 saturated carbocycles. The number of para-hydroxylation sites is 2. The summed E-state index contributed by atoms with van der Waals surface area (Å²) in [5.41, 5.74) is 1.36. The molecule has 2 heterocycles. The second-order valence-electron chi connectivity index (χ2n) is 7.38. The van der Waals surface area contributed by atoms with Crippen LogP contribution in [0.1, 0.15) is 23.2 Å². The molecule has 0 bridgehead atoms. The van der Waals surface area contributed by atoms with E-state index in [9.17, 15) is 9.59 Å². The fourth-order valence-corrected chi connectivity index (χ4v) is 5.78. The molecule has 30 heavy (non-hydrogen) atoms. The van der Waals surface area contributed by atoms with Crippen LogP contribution in [0.15, 0.2) is 53.0 Å². The highest BCUT2D eigenvalue weighted by Gasteiger charge is 2.47. The Labute approximate surface area is 189 Å². The van der Waals surface area contributed by atoms with Crippen molar-refractivity contribution in [3.05, 3.63) is 58.6 Å². The van der Waals surface area contributed by atoms with Crippen LogP contribution in [0.3, 0.4) is 0 Å². The minimum absolute atomic E-state index is 0.0689. The van der Waals surface area contributed by atoms with E-state index in [2.05, 4.69) is 21.2 Å². The zero-order valence-corrected chi connectivity index (χ0v) is 19.2. The number of methoxy groups -OCH3 is 1. The third-order valence-electron chi connectivity index (χ3n) is 5.69. The van der Waals surface area contributed by atoms with E-state index in [4.69, 9.17) is 4.74 Å². The van der Waals surface area contributed by atoms with Crippen LogP contribution in [-0.4, -0.2) is 59.1 Å². The third kappa shape index (κ3) is 4.16. The van der Waals surface area contributed by atoms with Gasteiger partial charge in [-0.1, -0.05) is 28.1 Å². The largest absolute Gasteiger partial charge is 0.495 e. The Morgan fingerprint density at radius 3 is 2.47 bits per heavy atom. The summed E-state index contributed by atoms with van der Waals surface area (Å²) < 4.78 is 6.27. The molecule has 0 unspecified atom stereocenters. The highest BCUT2D eigenvalue weighted by molar-refractivity contribution is 9.10. The van der Waals surface area contributed by atoms with Crippen LogP contribution in [-0.2, 0) is 0 Å². The fraction of sp³-hybridized carbons (Fsp3) is 0.364. The molecule has 1 spiro atoms. The minimum atomic E-state index is -0.231. The molecule has 1 N–H and O–H groups in total. The molecule has 2 saturated heterocycles. The zero-order valence-electron chi connectivity index (χ0n) is 16.8. The summed E-state index contributed by atoms with van der Waals surface area (Å²) in [6, 6.07) is 14.8. The van der Waals surface area contributed by atoms with Gasteiger partial charge in [0, 0.05) is 35.4 Å². The van der Waals surface area contributed by atoms with Crippen molar-refractivity contribution in [1.82, 2.24) is 9.80 Å². The molecule has 0 radical (unpaired) electrons. The molecule has 8 heteroatoms. The maximum absolute atomic E-state index is 13.1. The van der Waals surface area contributed by atoms with Crippen molar-refractivity contribution in [1.29, 1.82) is 0 Å². The Morgan fingerprint density at radius 1 is 1.07 bits per heavy atom. The lowest BCUT2D eigenvalue weighted by molar-refractivity contribution is 0.0585. The molecular formula is C22H24BrN3O3S. The number of nitrogens with one attached hydrogen (secondary N) is 1. The summed E-state index contributed by atoms with van der Waals surface area (Å²) in [6.45, 7) is 1.96. The summed E-state index contributed by atoms with van der Waals surface area (Å²) >= 11 is 5.26. The highest BCUT2D eigenvalue weighted by Crippen LogP contribution is 2.44. The number of hydrogen-bond donors (Lipinski definition) is 1. The normalized spacial score (nSPS) is 17.8. The average molecular weight is 490 g/mol. The predicted octanol–water partition coefficient (Wildman–Crippen LogP) is 4.67. The van der Waals surface area contributed by atoms with Crippen LogP contribution in [0, 0.1) is 0 Å². The lowest BCUT2D eigenvalue weighted by atomic mass is 10.0. The van der Waals surface area contributed by atoms with E-state index in [0.29, 0.717) is 30.1 Å². The molecule has 2 aliphatic rings. The lowest BCUT2D eigenvalue weighted by Crippen LogP contribution is -2.54. The van der Waals surface area contributed by atoms with Gasteiger partial charge >= 0.3 is 6.03 Å². The molecule has 2 aromatic rings. The first kappa shape index (κ1) is 21.1. The van der Waals surface area contributed by atoms with Crippen molar-refractivity contribution in [3.8, 4) is 5.75 Å². The number of benzene rings is 2. The number of halogens is 1. The standard InChI is InChI=1S/C22H24BrN3O3S/c1-29-19-5-3-2-4-18(19)24-21(28)25-12-10-22(11-13-25)26(14-15-30-22)20(27)16-6-8-17(23)9-7-16/h2-9H,10-15H2,1H3,(H,24,28). The third-order valence-corrected chi connectivity index (χ3v) is 7.78. The molecule has 2 fully saturated rings. The van der Waals surface area contributed by atoms with Gasteiger partial charge in [-0.2, -0.15) is 0 Å². The van der Waals surface area contributed by atoms with Gasteiger partial charge in [0.05, 0.1) is 17.7 Å². The quantitative estimate of drug-likeness (QED) is 0.680. The zero-order chi connectivity index (χ0) is 21.1. The van der Waals surface area contributed by atoms with Crippen LogP contribution in [0.5, 0.6) is 5.75 Å². The number of anilines is 1. The first-order chi connectivity index (χ1) is 14.5. The topological polar surface area (TPSA) is 61.9 Å². The number of thioether (sulfide) groups is 1. The number of urea groups is 1. The van der Waals surface area contributed by atoms with Gasteiger partial charge in [0.15, 0.2) is 0 Å². The maximum atomic E-state index is 13.1. The second-order valence-corrected chi connectivity index (χ2v) is 9.75. The Balaban J connectivity index is 1.41. The molecule has 4 rings (SSSR count). The van der Waals surface area contributed by atoms with Gasteiger partial charge < -0.3 is 19.9 Å². The molecule has 0 aliphatic carbocycles. The smallest absolute Gasteiger partial charge is 0.321 e. The molecule has 2 aliphatic heterocycles. The number of hydrogen-bond acceptors (Lipinski definition) is 4. The number of carbonyl (C=O) groups excluding carboxylic acids is 2. The Morgan fingerprint density at radius 2 is 1.77 bits per heavy atom. The molecule has 158 valence electrons. The predicted molar refractivity (Wildman–Crippen MR) is 123 cm³/mol. The molecule has 3 amide bonds. The SMILES string of the molecule is COc1ccccc1NC(=O)N1CCC2(CC1)SCCN2C(=O)c1ccc(Br)cc1. The van der Waals surface area contributed by atoms with Crippen molar-refractivity contribution in [3.63, 3.8) is 0 Å². The van der Waals surface area contributed by atoms with E-state index in [1.165, 1.54) is 0 Å². The summed E-state index contributed by atoms with van der Waals surface area (Å²) in [5, 5.41) is 2.95. The minimum Gasteiger partial charge on any atom is -0.495 e. The first-order valence-corrected chi connectivity index (χ1v) is 11.7. The molecule has 0 aromatic heterocycles. The number of carbonyl (C=O) groups is 2. The number of amides is 3. The number of rotatable bonds is 3. The molecular weight excluding hydrogens is 466 g/mol. The number of likely N-dealkylation sites (tertiary alicyclic amines) is 1. The summed E-state index contributed by atoms with van der Waals surface area (Å²) in [4.78, 5) is 29.5. The molecule has 2 aromatic carbocycles. The van der Waals surface area contributed by atoms with Crippen molar-refractivity contribution < 1.29 is 14.3 Å². The van der Waals surface area contributed by atoms with E-state index >= 15 is 0 Å². The van der Waals surface area contributed by atoms with Gasteiger partial charge in [0.25, 0.3) is 5.91 Å². The summed E-state index contributed by atoms with van der Waals surface area (Å²) in [5.74, 6) is 1.63. The summed E-state index contributed by atoms with van der Waals surface area (Å²) in [6.07, 6.45) is 1.53. The van der Waals surface area contributed by atoms with Crippen molar-refractivity contribution in [2.24, 2.45) is 0 Å².